The maximum Gasteiger partial charge on any atom is 0.251 e. The van der Waals surface area contributed by atoms with Crippen molar-refractivity contribution in [2.75, 3.05) is 7.11 Å². The molecular formula is C15H19NO3. The first-order valence-corrected chi connectivity index (χ1v) is 6.85. The van der Waals surface area contributed by atoms with Gasteiger partial charge >= 0.3 is 0 Å². The van der Waals surface area contributed by atoms with Gasteiger partial charge in [0, 0.05) is 11.6 Å². The third kappa shape index (κ3) is 2.27. The summed E-state index contributed by atoms with van der Waals surface area (Å²) in [6, 6.07) is 5.07. The highest BCUT2D eigenvalue weighted by Gasteiger charge is 2.40. The van der Waals surface area contributed by atoms with Crippen LogP contribution in [-0.4, -0.2) is 24.2 Å². The molecule has 4 nitrogen and oxygen atoms in total. The quantitative estimate of drug-likeness (QED) is 0.878. The van der Waals surface area contributed by atoms with Crippen LogP contribution in [0, 0.1) is 11.8 Å². The summed E-state index contributed by atoms with van der Waals surface area (Å²) in [7, 11) is 1.49. The van der Waals surface area contributed by atoms with Gasteiger partial charge in [0.1, 0.15) is 0 Å². The van der Waals surface area contributed by atoms with E-state index in [1.54, 1.807) is 12.1 Å². The lowest BCUT2D eigenvalue weighted by atomic mass is 9.95. The normalized spacial score (nSPS) is 28.4. The number of ether oxygens (including phenoxy) is 1. The van der Waals surface area contributed by atoms with Gasteiger partial charge in [-0.15, -0.1) is 0 Å². The van der Waals surface area contributed by atoms with Gasteiger partial charge in [0.25, 0.3) is 5.91 Å². The Balaban J connectivity index is 1.69. The highest BCUT2D eigenvalue weighted by Crippen LogP contribution is 2.44. The molecule has 2 fully saturated rings. The van der Waals surface area contributed by atoms with Gasteiger partial charge < -0.3 is 15.2 Å². The Bertz CT molecular complexity index is 500. The molecule has 3 unspecified atom stereocenters. The van der Waals surface area contributed by atoms with Crippen LogP contribution >= 0.6 is 0 Å². The van der Waals surface area contributed by atoms with E-state index >= 15 is 0 Å². The number of aromatic hydroxyl groups is 1. The average Bonchev–Trinajstić information content (AvgIpc) is 3.00. The number of rotatable bonds is 3. The van der Waals surface area contributed by atoms with Crippen LogP contribution in [0.5, 0.6) is 11.5 Å². The molecule has 3 atom stereocenters. The van der Waals surface area contributed by atoms with Crippen molar-refractivity contribution in [3.8, 4) is 11.5 Å². The van der Waals surface area contributed by atoms with Crippen molar-refractivity contribution in [1.82, 2.24) is 5.32 Å². The van der Waals surface area contributed by atoms with Crippen molar-refractivity contribution < 1.29 is 14.6 Å². The summed E-state index contributed by atoms with van der Waals surface area (Å²) in [4.78, 5) is 12.2. The van der Waals surface area contributed by atoms with Gasteiger partial charge in [-0.1, -0.05) is 6.42 Å². The molecule has 2 aliphatic rings. The van der Waals surface area contributed by atoms with Crippen molar-refractivity contribution in [3.05, 3.63) is 23.8 Å². The summed E-state index contributed by atoms with van der Waals surface area (Å²) in [5.74, 6) is 1.75. The first-order valence-electron chi connectivity index (χ1n) is 6.85. The van der Waals surface area contributed by atoms with Gasteiger partial charge in [-0.2, -0.15) is 0 Å². The van der Waals surface area contributed by atoms with Crippen LogP contribution in [-0.2, 0) is 0 Å². The van der Waals surface area contributed by atoms with E-state index in [-0.39, 0.29) is 11.7 Å². The highest BCUT2D eigenvalue weighted by molar-refractivity contribution is 5.95. The smallest absolute Gasteiger partial charge is 0.251 e. The molecule has 2 aliphatic carbocycles. The van der Waals surface area contributed by atoms with E-state index in [4.69, 9.17) is 4.74 Å². The minimum atomic E-state index is -0.101. The van der Waals surface area contributed by atoms with Crippen molar-refractivity contribution in [2.24, 2.45) is 11.8 Å². The Kier molecular flexibility index (Phi) is 3.09. The maximum absolute atomic E-state index is 12.2. The van der Waals surface area contributed by atoms with Crippen LogP contribution < -0.4 is 10.1 Å². The molecule has 19 heavy (non-hydrogen) atoms. The Morgan fingerprint density at radius 2 is 2.21 bits per heavy atom. The Labute approximate surface area is 112 Å². The predicted molar refractivity (Wildman–Crippen MR) is 71.4 cm³/mol. The molecule has 3 rings (SSSR count). The maximum atomic E-state index is 12.2. The second kappa shape index (κ2) is 4.76. The molecule has 2 saturated carbocycles. The molecule has 1 aromatic carbocycles. The molecule has 1 aromatic rings. The van der Waals surface area contributed by atoms with Crippen LogP contribution in [0.1, 0.15) is 36.0 Å². The van der Waals surface area contributed by atoms with Crippen molar-refractivity contribution in [1.29, 1.82) is 0 Å². The lowest BCUT2D eigenvalue weighted by Crippen LogP contribution is -2.38. The lowest BCUT2D eigenvalue weighted by molar-refractivity contribution is 0.0922. The fraction of sp³-hybridized carbons (Fsp3) is 0.533. The fourth-order valence-corrected chi connectivity index (χ4v) is 3.50. The average molecular weight is 261 g/mol. The third-order valence-electron chi connectivity index (χ3n) is 4.50. The van der Waals surface area contributed by atoms with Crippen LogP contribution in [0.2, 0.25) is 0 Å². The van der Waals surface area contributed by atoms with E-state index in [0.29, 0.717) is 23.3 Å². The van der Waals surface area contributed by atoms with E-state index in [2.05, 4.69) is 5.32 Å². The number of methoxy groups -OCH3 is 1. The molecule has 0 spiro atoms. The highest BCUT2D eigenvalue weighted by atomic mass is 16.5. The molecule has 1 amide bonds. The van der Waals surface area contributed by atoms with Crippen molar-refractivity contribution in [2.45, 2.75) is 31.7 Å². The molecule has 2 bridgehead atoms. The van der Waals surface area contributed by atoms with E-state index in [0.717, 1.165) is 12.3 Å². The van der Waals surface area contributed by atoms with E-state index < -0.39 is 0 Å². The van der Waals surface area contributed by atoms with Crippen LogP contribution in [0.25, 0.3) is 0 Å². The van der Waals surface area contributed by atoms with E-state index in [9.17, 15) is 9.90 Å². The summed E-state index contributed by atoms with van der Waals surface area (Å²) in [6.07, 6.45) is 4.93. The summed E-state index contributed by atoms with van der Waals surface area (Å²) >= 11 is 0. The molecule has 0 aromatic heterocycles. The number of fused-ring (bicyclic) bond motifs is 2. The summed E-state index contributed by atoms with van der Waals surface area (Å²) in [6.45, 7) is 0. The minimum absolute atomic E-state index is 0.00286. The number of phenolic OH excluding ortho intramolecular Hbond substituents is 1. The van der Waals surface area contributed by atoms with Gasteiger partial charge in [-0.3, -0.25) is 4.79 Å². The van der Waals surface area contributed by atoms with Gasteiger partial charge in [0.15, 0.2) is 11.5 Å². The number of phenols is 1. The zero-order chi connectivity index (χ0) is 13.4. The number of benzene rings is 1. The second-order valence-corrected chi connectivity index (χ2v) is 5.64. The van der Waals surface area contributed by atoms with Crippen LogP contribution in [0.4, 0.5) is 0 Å². The SMILES string of the molecule is COc1ccc(C(=O)NC2CC3CCC2C3)cc1O. The second-order valence-electron chi connectivity index (χ2n) is 5.64. The Morgan fingerprint density at radius 3 is 2.79 bits per heavy atom. The number of hydrogen-bond acceptors (Lipinski definition) is 3. The van der Waals surface area contributed by atoms with Gasteiger partial charge in [0.2, 0.25) is 0 Å². The first kappa shape index (κ1) is 12.3. The summed E-state index contributed by atoms with van der Waals surface area (Å²) in [5.41, 5.74) is 0.487. The largest absolute Gasteiger partial charge is 0.504 e. The monoisotopic (exact) mass is 261 g/mol. The Morgan fingerprint density at radius 1 is 1.37 bits per heavy atom. The van der Waals surface area contributed by atoms with Crippen LogP contribution in [0.15, 0.2) is 18.2 Å². The van der Waals surface area contributed by atoms with E-state index in [1.807, 2.05) is 0 Å². The standard InChI is InChI=1S/C15H19NO3/c1-19-14-5-4-11(8-13(14)17)15(18)16-12-7-9-2-3-10(12)6-9/h4-5,8-10,12,17H,2-3,6-7H2,1H3,(H,16,18). The molecular weight excluding hydrogens is 242 g/mol. The fourth-order valence-electron chi connectivity index (χ4n) is 3.50. The van der Waals surface area contributed by atoms with Gasteiger partial charge in [-0.05, 0) is 49.3 Å². The number of amides is 1. The molecule has 4 heteroatoms. The molecule has 0 aliphatic heterocycles. The Hall–Kier alpha value is -1.71. The predicted octanol–water partition coefficient (Wildman–Crippen LogP) is 2.32. The number of carbonyl (C=O) groups excluding carboxylic acids is 1. The van der Waals surface area contributed by atoms with E-state index in [1.165, 1.54) is 32.4 Å². The number of nitrogens with one attached hydrogen (secondary N) is 1. The van der Waals surface area contributed by atoms with Gasteiger partial charge in [0.05, 0.1) is 7.11 Å². The lowest BCUT2D eigenvalue weighted by Gasteiger charge is -2.23. The number of hydrogen-bond donors (Lipinski definition) is 2. The topological polar surface area (TPSA) is 58.6 Å². The molecule has 0 heterocycles. The zero-order valence-electron chi connectivity index (χ0n) is 11.1. The number of carbonyl (C=O) groups is 1. The third-order valence-corrected chi connectivity index (χ3v) is 4.50. The molecule has 0 saturated heterocycles. The van der Waals surface area contributed by atoms with Crippen LogP contribution in [0.3, 0.4) is 0 Å². The minimum Gasteiger partial charge on any atom is -0.504 e. The molecule has 102 valence electrons. The van der Waals surface area contributed by atoms with Gasteiger partial charge in [-0.25, -0.2) is 0 Å². The molecule has 0 radical (unpaired) electrons. The van der Waals surface area contributed by atoms with Crippen molar-refractivity contribution in [3.63, 3.8) is 0 Å². The first-order chi connectivity index (χ1) is 9.17. The summed E-state index contributed by atoms with van der Waals surface area (Å²) < 4.78 is 4.97. The zero-order valence-corrected chi connectivity index (χ0v) is 11.1. The molecule has 2 N–H and O–H groups in total. The summed E-state index contributed by atoms with van der Waals surface area (Å²) in [5, 5.41) is 12.8. The van der Waals surface area contributed by atoms with Crippen molar-refractivity contribution >= 4 is 5.91 Å².